The van der Waals surface area contributed by atoms with Crippen molar-refractivity contribution in [1.82, 2.24) is 9.88 Å². The van der Waals surface area contributed by atoms with E-state index < -0.39 is 0 Å². The van der Waals surface area contributed by atoms with Crippen LogP contribution in [0.1, 0.15) is 16.8 Å². The molecular weight excluding hydrogens is 500 g/mol. The second-order valence-electron chi connectivity index (χ2n) is 7.01. The number of thiazole rings is 1. The number of para-hydroxylation sites is 1. The maximum Gasteiger partial charge on any atom is 0.260 e. The van der Waals surface area contributed by atoms with Crippen molar-refractivity contribution < 1.29 is 9.53 Å². The number of hydrogen-bond acceptors (Lipinski definition) is 5. The molecule has 2 heterocycles. The lowest BCUT2D eigenvalue weighted by molar-refractivity contribution is 0.0376. The Morgan fingerprint density at radius 2 is 1.84 bits per heavy atom. The van der Waals surface area contributed by atoms with Gasteiger partial charge in [0, 0.05) is 41.8 Å². The molecule has 0 radical (unpaired) electrons. The van der Waals surface area contributed by atoms with E-state index in [1.54, 1.807) is 29.2 Å². The number of fused-ring (bicyclic) bond motifs is 1. The van der Waals surface area contributed by atoms with Crippen molar-refractivity contribution in [3.63, 3.8) is 0 Å². The molecule has 0 saturated carbocycles. The highest BCUT2D eigenvalue weighted by Gasteiger charge is 2.23. The predicted octanol–water partition coefficient (Wildman–Crippen LogP) is 6.05. The normalized spacial score (nSPS) is 14.4. The van der Waals surface area contributed by atoms with E-state index in [2.05, 4.69) is 9.88 Å². The van der Waals surface area contributed by atoms with E-state index in [4.69, 9.17) is 39.5 Å². The van der Waals surface area contributed by atoms with Crippen LogP contribution in [0.15, 0.2) is 36.4 Å². The second kappa shape index (κ2) is 11.1. The van der Waals surface area contributed by atoms with Crippen LogP contribution in [0.25, 0.3) is 10.2 Å². The van der Waals surface area contributed by atoms with E-state index in [0.29, 0.717) is 37.8 Å². The first-order chi connectivity index (χ1) is 14.5. The minimum Gasteiger partial charge on any atom is -0.379 e. The molecule has 1 aliphatic heterocycles. The van der Waals surface area contributed by atoms with Crippen molar-refractivity contribution in [3.05, 3.63) is 57.0 Å². The van der Waals surface area contributed by atoms with E-state index >= 15 is 0 Å². The lowest BCUT2D eigenvalue weighted by Crippen LogP contribution is -2.39. The average molecular weight is 521 g/mol. The predicted molar refractivity (Wildman–Crippen MR) is 132 cm³/mol. The molecule has 0 spiro atoms. The van der Waals surface area contributed by atoms with Crippen LogP contribution in [0.5, 0.6) is 0 Å². The number of carbonyl (C=O) groups is 1. The molecule has 1 fully saturated rings. The van der Waals surface area contributed by atoms with Gasteiger partial charge >= 0.3 is 0 Å². The van der Waals surface area contributed by atoms with E-state index in [9.17, 15) is 4.79 Å². The summed E-state index contributed by atoms with van der Waals surface area (Å²) >= 11 is 20.0. The molecule has 0 unspecified atom stereocenters. The topological polar surface area (TPSA) is 45.7 Å². The van der Waals surface area contributed by atoms with Gasteiger partial charge in [-0.25, -0.2) is 4.98 Å². The quantitative estimate of drug-likeness (QED) is 0.397. The number of halogens is 4. The fraction of sp³-hybridized carbons (Fsp3) is 0.333. The number of carbonyl (C=O) groups excluding carboxylic acids is 1. The molecular formula is C21H21Cl4N3O2S. The minimum atomic E-state index is -0.184. The molecule has 3 aromatic rings. The molecule has 2 aromatic carbocycles. The molecule has 0 N–H and O–H groups in total. The molecule has 5 nitrogen and oxygen atoms in total. The zero-order valence-corrected chi connectivity index (χ0v) is 20.4. The summed E-state index contributed by atoms with van der Waals surface area (Å²) in [5.41, 5.74) is 1.14. The third kappa shape index (κ3) is 6.02. The minimum absolute atomic E-state index is 0. The average Bonchev–Trinajstić information content (AvgIpc) is 3.16. The van der Waals surface area contributed by atoms with Gasteiger partial charge < -0.3 is 4.74 Å². The van der Waals surface area contributed by atoms with Crippen molar-refractivity contribution in [2.45, 2.75) is 6.42 Å². The van der Waals surface area contributed by atoms with Crippen LogP contribution >= 0.6 is 58.5 Å². The Hall–Kier alpha value is -1.12. The number of aromatic nitrogens is 1. The number of nitrogens with zero attached hydrogens (tertiary/aromatic N) is 3. The zero-order valence-electron chi connectivity index (χ0n) is 16.5. The summed E-state index contributed by atoms with van der Waals surface area (Å²) in [5.74, 6) is -0.184. The van der Waals surface area contributed by atoms with Crippen LogP contribution < -0.4 is 4.90 Å². The van der Waals surface area contributed by atoms with Gasteiger partial charge in [0.1, 0.15) is 5.52 Å². The summed E-state index contributed by atoms with van der Waals surface area (Å²) in [6.45, 7) is 4.73. The van der Waals surface area contributed by atoms with Gasteiger partial charge in [-0.1, -0.05) is 52.2 Å². The Morgan fingerprint density at radius 1 is 1.13 bits per heavy atom. The van der Waals surface area contributed by atoms with Gasteiger partial charge in [-0.05, 0) is 36.8 Å². The van der Waals surface area contributed by atoms with Crippen molar-refractivity contribution in [2.75, 3.05) is 44.3 Å². The van der Waals surface area contributed by atoms with Crippen LogP contribution in [0.4, 0.5) is 5.13 Å². The van der Waals surface area contributed by atoms with Gasteiger partial charge in [-0.15, -0.1) is 12.4 Å². The number of hydrogen-bond donors (Lipinski definition) is 0. The number of benzene rings is 2. The number of ether oxygens (including phenoxy) is 1. The summed E-state index contributed by atoms with van der Waals surface area (Å²) in [6, 6.07) is 10.5. The molecule has 1 saturated heterocycles. The lowest BCUT2D eigenvalue weighted by Gasteiger charge is -2.27. The third-order valence-electron chi connectivity index (χ3n) is 4.90. The van der Waals surface area contributed by atoms with Gasteiger partial charge in [0.2, 0.25) is 0 Å². The number of amides is 1. The highest BCUT2D eigenvalue weighted by molar-refractivity contribution is 7.22. The summed E-state index contributed by atoms with van der Waals surface area (Å²) in [6.07, 6.45) is 0.809. The van der Waals surface area contributed by atoms with Gasteiger partial charge in [0.15, 0.2) is 5.13 Å². The van der Waals surface area contributed by atoms with E-state index in [-0.39, 0.29) is 18.3 Å². The number of morpholine rings is 1. The Morgan fingerprint density at radius 3 is 2.52 bits per heavy atom. The Labute approximate surface area is 206 Å². The molecule has 31 heavy (non-hydrogen) atoms. The monoisotopic (exact) mass is 519 g/mol. The molecule has 0 bridgehead atoms. The standard InChI is InChI=1S/C21H20Cl3N3O2S.ClH/c22-15-11-14(12-16(23)13-15)20(28)27(6-2-5-26-7-9-29-10-8-26)21-25-19-17(24)3-1-4-18(19)30-21;/h1,3-4,11-13H,2,5-10H2;1H. The first kappa shape index (κ1) is 24.5. The van der Waals surface area contributed by atoms with Crippen molar-refractivity contribution in [2.24, 2.45) is 0 Å². The maximum absolute atomic E-state index is 13.4. The molecule has 0 aliphatic carbocycles. The fourth-order valence-corrected chi connectivity index (χ4v) is 5.23. The van der Waals surface area contributed by atoms with Gasteiger partial charge in [0.05, 0.1) is 22.9 Å². The molecule has 4 rings (SSSR count). The smallest absolute Gasteiger partial charge is 0.260 e. The summed E-state index contributed by atoms with van der Waals surface area (Å²) in [4.78, 5) is 22.1. The Bertz CT molecular complexity index is 1040. The zero-order chi connectivity index (χ0) is 21.1. The van der Waals surface area contributed by atoms with Crippen LogP contribution in [-0.4, -0.2) is 55.2 Å². The molecule has 1 aromatic heterocycles. The third-order valence-corrected chi connectivity index (χ3v) is 6.69. The van der Waals surface area contributed by atoms with Crippen LogP contribution in [0.2, 0.25) is 15.1 Å². The first-order valence-electron chi connectivity index (χ1n) is 9.64. The fourth-order valence-electron chi connectivity index (χ4n) is 3.41. The van der Waals surface area contributed by atoms with Gasteiger partial charge in [0.25, 0.3) is 5.91 Å². The van der Waals surface area contributed by atoms with E-state index in [1.165, 1.54) is 11.3 Å². The largest absolute Gasteiger partial charge is 0.379 e. The molecule has 0 atom stereocenters. The summed E-state index contributed by atoms with van der Waals surface area (Å²) in [7, 11) is 0. The number of rotatable bonds is 6. The van der Waals surface area contributed by atoms with Crippen LogP contribution in [-0.2, 0) is 4.74 Å². The molecule has 1 aliphatic rings. The van der Waals surface area contributed by atoms with E-state index in [1.807, 2.05) is 12.1 Å². The summed E-state index contributed by atoms with van der Waals surface area (Å²) < 4.78 is 6.35. The number of anilines is 1. The molecule has 166 valence electrons. The second-order valence-corrected chi connectivity index (χ2v) is 9.29. The van der Waals surface area contributed by atoms with Crippen LogP contribution in [0, 0.1) is 0 Å². The first-order valence-corrected chi connectivity index (χ1v) is 11.6. The highest BCUT2D eigenvalue weighted by atomic mass is 35.5. The van der Waals surface area contributed by atoms with Crippen molar-refractivity contribution in [1.29, 1.82) is 0 Å². The van der Waals surface area contributed by atoms with Crippen LogP contribution in [0.3, 0.4) is 0 Å². The Balaban J connectivity index is 0.00000272. The van der Waals surface area contributed by atoms with Gasteiger partial charge in [-0.2, -0.15) is 0 Å². The Kier molecular flexibility index (Phi) is 8.82. The van der Waals surface area contributed by atoms with Crippen molar-refractivity contribution in [3.8, 4) is 0 Å². The molecule has 1 amide bonds. The SMILES string of the molecule is Cl.O=C(c1cc(Cl)cc(Cl)c1)N(CCCN1CCOCC1)c1nc2c(Cl)cccc2s1. The highest BCUT2D eigenvalue weighted by Crippen LogP contribution is 2.34. The maximum atomic E-state index is 13.4. The summed E-state index contributed by atoms with van der Waals surface area (Å²) in [5, 5.41) is 2.03. The molecule has 10 heteroatoms. The van der Waals surface area contributed by atoms with E-state index in [0.717, 1.165) is 44.0 Å². The lowest BCUT2D eigenvalue weighted by atomic mass is 10.2. The van der Waals surface area contributed by atoms with Crippen molar-refractivity contribution >= 4 is 79.8 Å². The van der Waals surface area contributed by atoms with Gasteiger partial charge in [-0.3, -0.25) is 14.6 Å².